The van der Waals surface area contributed by atoms with Crippen molar-refractivity contribution < 1.29 is 40.0 Å². The molecular formula is C40H36N4O4Pt. The van der Waals surface area contributed by atoms with E-state index in [0.29, 0.717) is 24.7 Å². The Kier molecular flexibility index (Phi) is 9.79. The van der Waals surface area contributed by atoms with Gasteiger partial charge in [-0.1, -0.05) is 23.7 Å². The maximum atomic E-state index is 6.37. The number of para-hydroxylation sites is 1. The van der Waals surface area contributed by atoms with E-state index in [-0.39, 0.29) is 21.1 Å². The summed E-state index contributed by atoms with van der Waals surface area (Å²) >= 11 is 0. The predicted molar refractivity (Wildman–Crippen MR) is 188 cm³/mol. The van der Waals surface area contributed by atoms with Crippen LogP contribution in [0.25, 0.3) is 44.4 Å². The molecule has 3 aromatic heterocycles. The van der Waals surface area contributed by atoms with Crippen molar-refractivity contribution in [3.63, 3.8) is 0 Å². The molecule has 49 heavy (non-hydrogen) atoms. The van der Waals surface area contributed by atoms with Crippen molar-refractivity contribution in [2.45, 2.75) is 34.6 Å². The second kappa shape index (κ2) is 14.2. The fraction of sp³-hybridized carbons (Fsp3) is 0.200. The number of methoxy groups -OCH3 is 1. The number of ether oxygens (including phenoxy) is 4. The number of hydrogen-bond acceptors (Lipinski definition) is 6. The second-order valence-corrected chi connectivity index (χ2v) is 11.4. The van der Waals surface area contributed by atoms with Gasteiger partial charge in [-0.05, 0) is 74.5 Å². The second-order valence-electron chi connectivity index (χ2n) is 11.4. The van der Waals surface area contributed by atoms with Crippen molar-refractivity contribution in [2.75, 3.05) is 20.3 Å². The Hall–Kier alpha value is -5.07. The van der Waals surface area contributed by atoms with Crippen LogP contribution in [0.4, 0.5) is 0 Å². The van der Waals surface area contributed by atoms with Crippen LogP contribution in [0.3, 0.4) is 0 Å². The zero-order valence-electron chi connectivity index (χ0n) is 28.2. The molecule has 3 heterocycles. The van der Waals surface area contributed by atoms with Crippen molar-refractivity contribution in [3.05, 3.63) is 114 Å². The first-order chi connectivity index (χ1) is 23.4. The van der Waals surface area contributed by atoms with Crippen LogP contribution in [-0.4, -0.2) is 39.7 Å². The maximum absolute atomic E-state index is 6.37. The number of fused-ring (bicyclic) bond motifs is 3. The van der Waals surface area contributed by atoms with Crippen LogP contribution in [0.5, 0.6) is 28.7 Å². The van der Waals surface area contributed by atoms with Gasteiger partial charge in [-0.3, -0.25) is 4.68 Å². The summed E-state index contributed by atoms with van der Waals surface area (Å²) in [6.07, 6.45) is 5.55. The van der Waals surface area contributed by atoms with E-state index >= 15 is 0 Å². The van der Waals surface area contributed by atoms with E-state index in [0.717, 1.165) is 78.4 Å². The number of hydrogen-bond donors (Lipinski definition) is 0. The Balaban J connectivity index is 0.00000417. The number of aromatic nitrogens is 4. The fourth-order valence-corrected chi connectivity index (χ4v) is 6.16. The van der Waals surface area contributed by atoms with E-state index in [4.69, 9.17) is 24.0 Å². The molecule has 0 fully saturated rings. The first-order valence-electron chi connectivity index (χ1n) is 16.0. The van der Waals surface area contributed by atoms with Crippen LogP contribution in [0.15, 0.2) is 85.3 Å². The smallest absolute Gasteiger partial charge is 0.509 e. The fourth-order valence-electron chi connectivity index (χ4n) is 6.16. The van der Waals surface area contributed by atoms with E-state index in [1.165, 1.54) is 0 Å². The Labute approximate surface area is 300 Å². The number of pyridine rings is 1. The minimum absolute atomic E-state index is 0. The minimum Gasteiger partial charge on any atom is -0.509 e. The Bertz CT molecular complexity index is 2260. The average molecular weight is 832 g/mol. The third-order valence-corrected chi connectivity index (χ3v) is 8.67. The van der Waals surface area contributed by atoms with Gasteiger partial charge in [0.2, 0.25) is 0 Å². The molecule has 0 radical (unpaired) electrons. The first kappa shape index (κ1) is 33.8. The van der Waals surface area contributed by atoms with Gasteiger partial charge < -0.3 is 23.5 Å². The van der Waals surface area contributed by atoms with Gasteiger partial charge in [-0.25, -0.2) is 4.98 Å². The SMILES string of the molecule is CCOc1c(C)c(C)c(C)c(OCC)c1-c1cnn(-c2[c-]c(Oc3[c-]c4c(cc3)c3ccccc3n4-c3cc(OC)ccn3)ccc2)c1.[Pt+2]. The summed E-state index contributed by atoms with van der Waals surface area (Å²) in [6.45, 7) is 11.4. The van der Waals surface area contributed by atoms with Crippen molar-refractivity contribution in [3.8, 4) is 51.4 Å². The zero-order chi connectivity index (χ0) is 33.4. The van der Waals surface area contributed by atoms with Gasteiger partial charge in [-0.15, -0.1) is 35.7 Å². The van der Waals surface area contributed by atoms with Gasteiger partial charge in [0.25, 0.3) is 0 Å². The third-order valence-electron chi connectivity index (χ3n) is 8.67. The van der Waals surface area contributed by atoms with E-state index in [9.17, 15) is 0 Å². The van der Waals surface area contributed by atoms with Crippen LogP contribution < -0.4 is 18.9 Å². The molecule has 9 heteroatoms. The molecule has 0 atom stereocenters. The molecule has 0 saturated carbocycles. The van der Waals surface area contributed by atoms with Crippen LogP contribution in [0.1, 0.15) is 30.5 Å². The van der Waals surface area contributed by atoms with Gasteiger partial charge in [0.05, 0.1) is 32.1 Å². The maximum Gasteiger partial charge on any atom is 2.00 e. The molecule has 0 unspecified atom stereocenters. The summed E-state index contributed by atoms with van der Waals surface area (Å²) < 4.78 is 28.1. The van der Waals surface area contributed by atoms with Crippen LogP contribution >= 0.6 is 0 Å². The van der Waals surface area contributed by atoms with Gasteiger partial charge in [0.15, 0.2) is 0 Å². The number of nitrogens with zero attached hydrogens (tertiary/aromatic N) is 4. The topological polar surface area (TPSA) is 72.6 Å². The largest absolute Gasteiger partial charge is 2.00 e. The third kappa shape index (κ3) is 6.17. The monoisotopic (exact) mass is 831 g/mol. The normalized spacial score (nSPS) is 11.1. The predicted octanol–water partition coefficient (Wildman–Crippen LogP) is 9.15. The molecular weight excluding hydrogens is 796 g/mol. The van der Waals surface area contributed by atoms with Gasteiger partial charge in [-0.2, -0.15) is 17.2 Å². The van der Waals surface area contributed by atoms with Gasteiger partial charge >= 0.3 is 21.1 Å². The molecule has 0 aliphatic heterocycles. The molecule has 0 saturated heterocycles. The number of rotatable bonds is 10. The first-order valence-corrected chi connectivity index (χ1v) is 16.0. The zero-order valence-corrected chi connectivity index (χ0v) is 30.5. The molecule has 0 aliphatic carbocycles. The van der Waals surface area contributed by atoms with E-state index < -0.39 is 0 Å². The summed E-state index contributed by atoms with van der Waals surface area (Å²) in [7, 11) is 1.65. The van der Waals surface area contributed by atoms with Crippen molar-refractivity contribution in [1.82, 2.24) is 19.3 Å². The molecule has 0 amide bonds. The summed E-state index contributed by atoms with van der Waals surface area (Å²) in [5.74, 6) is 4.18. The summed E-state index contributed by atoms with van der Waals surface area (Å²) in [5.41, 5.74) is 7.74. The summed E-state index contributed by atoms with van der Waals surface area (Å²) in [6, 6.07) is 28.6. The summed E-state index contributed by atoms with van der Waals surface area (Å²) in [4.78, 5) is 4.65. The molecule has 250 valence electrons. The molecule has 7 rings (SSSR count). The Morgan fingerprint density at radius 1 is 0.776 bits per heavy atom. The van der Waals surface area contributed by atoms with Crippen molar-refractivity contribution in [1.29, 1.82) is 0 Å². The number of benzene rings is 4. The van der Waals surface area contributed by atoms with Crippen LogP contribution in [0, 0.1) is 32.9 Å². The molecule has 0 bridgehead atoms. The van der Waals surface area contributed by atoms with Crippen LogP contribution in [0.2, 0.25) is 0 Å². The van der Waals surface area contributed by atoms with E-state index in [1.807, 2.05) is 74.8 Å². The van der Waals surface area contributed by atoms with E-state index in [1.54, 1.807) is 18.0 Å². The molecule has 8 nitrogen and oxygen atoms in total. The average Bonchev–Trinajstić information content (AvgIpc) is 3.73. The Morgan fingerprint density at radius 3 is 2.24 bits per heavy atom. The molecule has 0 spiro atoms. The minimum atomic E-state index is 0. The van der Waals surface area contributed by atoms with Gasteiger partial charge in [0.1, 0.15) is 23.1 Å². The Morgan fingerprint density at radius 2 is 1.51 bits per heavy atom. The molecule has 7 aromatic rings. The quantitative estimate of drug-likeness (QED) is 0.128. The molecule has 4 aromatic carbocycles. The van der Waals surface area contributed by atoms with Crippen molar-refractivity contribution >= 4 is 21.8 Å². The van der Waals surface area contributed by atoms with Crippen molar-refractivity contribution in [2.24, 2.45) is 0 Å². The molecule has 0 aliphatic rings. The van der Waals surface area contributed by atoms with Gasteiger partial charge in [0, 0.05) is 41.0 Å². The van der Waals surface area contributed by atoms with Crippen LogP contribution in [-0.2, 0) is 21.1 Å². The standard InChI is InChI=1S/C40H36N4O4.Pt/c1-7-46-39-26(4)25(3)27(5)40(47-8-2)38(39)28-23-42-43(24-28)29-12-11-13-31(20-29)48-32-16-17-34-33-14-9-10-15-35(33)44(36(34)21-32)37-22-30(45-6)18-19-41-37;/h9-19,22-24H,7-8H2,1-6H3;/q-2;+2. The van der Waals surface area contributed by atoms with E-state index in [2.05, 4.69) is 60.7 Å². The molecule has 0 N–H and O–H groups in total. The summed E-state index contributed by atoms with van der Waals surface area (Å²) in [5, 5.41) is 6.85.